The van der Waals surface area contributed by atoms with Gasteiger partial charge in [-0.05, 0) is 6.07 Å². The SMILES string of the molecule is NC1Sc2cc(C=O)sc2C1=O. The fourth-order valence-electron chi connectivity index (χ4n) is 1.03. The van der Waals surface area contributed by atoms with E-state index in [0.717, 1.165) is 11.2 Å². The van der Waals surface area contributed by atoms with Crippen molar-refractivity contribution < 1.29 is 9.59 Å². The molecule has 0 amide bonds. The summed E-state index contributed by atoms with van der Waals surface area (Å²) in [5.41, 5.74) is 5.50. The third-order valence-electron chi connectivity index (χ3n) is 1.57. The number of aldehydes is 1. The summed E-state index contributed by atoms with van der Waals surface area (Å²) in [6.07, 6.45) is 0.752. The Balaban J connectivity index is 2.49. The first-order valence-corrected chi connectivity index (χ1v) is 4.97. The van der Waals surface area contributed by atoms with Gasteiger partial charge in [-0.15, -0.1) is 11.3 Å². The van der Waals surface area contributed by atoms with Crippen LogP contribution in [0.1, 0.15) is 19.3 Å². The van der Waals surface area contributed by atoms with E-state index in [2.05, 4.69) is 0 Å². The van der Waals surface area contributed by atoms with Crippen molar-refractivity contribution >= 4 is 35.2 Å². The second kappa shape index (κ2) is 2.69. The highest BCUT2D eigenvalue weighted by Gasteiger charge is 2.30. The molecule has 2 N–H and O–H groups in total. The highest BCUT2D eigenvalue weighted by atomic mass is 32.2. The van der Waals surface area contributed by atoms with Crippen molar-refractivity contribution in [3.8, 4) is 0 Å². The maximum Gasteiger partial charge on any atom is 0.201 e. The first kappa shape index (κ1) is 7.97. The van der Waals surface area contributed by atoms with Gasteiger partial charge >= 0.3 is 0 Å². The van der Waals surface area contributed by atoms with E-state index in [1.807, 2.05) is 0 Å². The molecule has 1 aromatic rings. The molecule has 0 saturated heterocycles. The van der Waals surface area contributed by atoms with Gasteiger partial charge in [0.15, 0.2) is 6.29 Å². The lowest BCUT2D eigenvalue weighted by molar-refractivity contribution is 0.0996. The first-order valence-electron chi connectivity index (χ1n) is 3.28. The summed E-state index contributed by atoms with van der Waals surface area (Å²) in [6.45, 7) is 0. The van der Waals surface area contributed by atoms with Crippen molar-refractivity contribution in [3.63, 3.8) is 0 Å². The van der Waals surface area contributed by atoms with E-state index in [-0.39, 0.29) is 5.78 Å². The molecule has 5 heteroatoms. The van der Waals surface area contributed by atoms with Crippen molar-refractivity contribution in [2.75, 3.05) is 0 Å². The molecule has 0 saturated carbocycles. The zero-order valence-corrected chi connectivity index (χ0v) is 7.58. The molecule has 1 aliphatic heterocycles. The number of carbonyl (C=O) groups is 2. The molecule has 0 aromatic carbocycles. The molecule has 0 radical (unpaired) electrons. The molecule has 1 aromatic heterocycles. The molecule has 0 bridgehead atoms. The minimum atomic E-state index is -0.466. The zero-order valence-electron chi connectivity index (χ0n) is 5.94. The van der Waals surface area contributed by atoms with Gasteiger partial charge in [0.25, 0.3) is 0 Å². The second-order valence-corrected chi connectivity index (χ2v) is 4.63. The lowest BCUT2D eigenvalue weighted by atomic mass is 10.3. The van der Waals surface area contributed by atoms with Crippen molar-refractivity contribution in [2.45, 2.75) is 10.3 Å². The van der Waals surface area contributed by atoms with Crippen LogP contribution in [0.5, 0.6) is 0 Å². The molecule has 0 fully saturated rings. The van der Waals surface area contributed by atoms with Crippen molar-refractivity contribution in [3.05, 3.63) is 15.8 Å². The fraction of sp³-hybridized carbons (Fsp3) is 0.143. The molecular weight excluding hydrogens is 194 g/mol. The van der Waals surface area contributed by atoms with Gasteiger partial charge in [-0.3, -0.25) is 9.59 Å². The Kier molecular flexibility index (Phi) is 1.79. The summed E-state index contributed by atoms with van der Waals surface area (Å²) >= 11 is 2.53. The molecule has 1 aliphatic rings. The summed E-state index contributed by atoms with van der Waals surface area (Å²) < 4.78 is 0. The number of hydrogen-bond acceptors (Lipinski definition) is 5. The van der Waals surface area contributed by atoms with Crippen molar-refractivity contribution in [1.29, 1.82) is 0 Å². The van der Waals surface area contributed by atoms with Crippen LogP contribution in [0.2, 0.25) is 0 Å². The summed E-state index contributed by atoms with van der Waals surface area (Å²) in [7, 11) is 0. The third kappa shape index (κ3) is 1.01. The molecule has 1 atom stereocenters. The lowest BCUT2D eigenvalue weighted by Gasteiger charge is -1.94. The van der Waals surface area contributed by atoms with Crippen LogP contribution in [-0.2, 0) is 0 Å². The molecule has 2 rings (SSSR count). The number of rotatable bonds is 1. The molecule has 0 aliphatic carbocycles. The Morgan fingerprint density at radius 3 is 2.92 bits per heavy atom. The maximum atomic E-state index is 11.3. The van der Waals surface area contributed by atoms with Crippen molar-refractivity contribution in [1.82, 2.24) is 0 Å². The standard InChI is InChI=1S/C7H5NO2S2/c8-7-5(10)6-4(12-7)1-3(2-9)11-6/h1-2,7H,8H2. The van der Waals surface area contributed by atoms with Gasteiger partial charge in [-0.25, -0.2) is 0 Å². The minimum Gasteiger partial charge on any atom is -0.313 e. The van der Waals surface area contributed by atoms with Gasteiger partial charge in [-0.1, -0.05) is 11.8 Å². The molecule has 1 unspecified atom stereocenters. The van der Waals surface area contributed by atoms with E-state index in [1.165, 1.54) is 23.1 Å². The number of thioether (sulfide) groups is 1. The van der Waals surface area contributed by atoms with Crippen molar-refractivity contribution in [2.24, 2.45) is 5.73 Å². The summed E-state index contributed by atoms with van der Waals surface area (Å²) in [5, 5.41) is -0.466. The number of hydrogen-bond donors (Lipinski definition) is 1. The van der Waals surface area contributed by atoms with Gasteiger partial charge in [0, 0.05) is 4.90 Å². The van der Waals surface area contributed by atoms with Crippen LogP contribution >= 0.6 is 23.1 Å². The summed E-state index contributed by atoms with van der Waals surface area (Å²) in [4.78, 5) is 23.7. The minimum absolute atomic E-state index is 0.0619. The third-order valence-corrected chi connectivity index (χ3v) is 3.82. The normalized spacial score (nSPS) is 21.1. The number of fused-ring (bicyclic) bond motifs is 1. The molecule has 2 heterocycles. The van der Waals surface area contributed by atoms with E-state index in [4.69, 9.17) is 5.73 Å². The number of Topliss-reactive ketones (excluding diaryl/α,β-unsaturated/α-hetero) is 1. The largest absolute Gasteiger partial charge is 0.313 e. The molecule has 3 nitrogen and oxygen atoms in total. The number of ketones is 1. The van der Waals surface area contributed by atoms with Gasteiger partial charge in [0.1, 0.15) is 5.37 Å². The Morgan fingerprint density at radius 2 is 2.33 bits per heavy atom. The van der Waals surface area contributed by atoms with E-state index in [9.17, 15) is 9.59 Å². The highest BCUT2D eigenvalue weighted by Crippen LogP contribution is 2.39. The van der Waals surface area contributed by atoms with Gasteiger partial charge < -0.3 is 5.73 Å². The Labute approximate surface area is 76.9 Å². The van der Waals surface area contributed by atoms with E-state index in [1.54, 1.807) is 6.07 Å². The van der Waals surface area contributed by atoms with E-state index in [0.29, 0.717) is 9.75 Å². The van der Waals surface area contributed by atoms with Crippen LogP contribution in [-0.4, -0.2) is 17.4 Å². The van der Waals surface area contributed by atoms with E-state index >= 15 is 0 Å². The van der Waals surface area contributed by atoms with Gasteiger partial charge in [0.05, 0.1) is 9.75 Å². The highest BCUT2D eigenvalue weighted by molar-refractivity contribution is 8.01. The van der Waals surface area contributed by atoms with Crippen LogP contribution < -0.4 is 5.73 Å². The van der Waals surface area contributed by atoms with Gasteiger partial charge in [-0.2, -0.15) is 0 Å². The monoisotopic (exact) mass is 199 g/mol. The molecule has 0 spiro atoms. The molecular formula is C7H5NO2S2. The predicted molar refractivity (Wildman–Crippen MR) is 47.9 cm³/mol. The van der Waals surface area contributed by atoms with Crippen LogP contribution in [0.15, 0.2) is 11.0 Å². The fourth-order valence-corrected chi connectivity index (χ4v) is 3.20. The predicted octanol–water partition coefficient (Wildman–Crippen LogP) is 1.13. The van der Waals surface area contributed by atoms with Gasteiger partial charge in [0.2, 0.25) is 5.78 Å². The Morgan fingerprint density at radius 1 is 1.58 bits per heavy atom. The summed E-state index contributed by atoms with van der Waals surface area (Å²) in [5.74, 6) is -0.0619. The lowest BCUT2D eigenvalue weighted by Crippen LogP contribution is -2.21. The number of nitrogens with two attached hydrogens (primary N) is 1. The van der Waals surface area contributed by atoms with Crippen LogP contribution in [0.4, 0.5) is 0 Å². The Bertz CT molecular complexity index is 358. The second-order valence-electron chi connectivity index (χ2n) is 2.36. The topological polar surface area (TPSA) is 60.2 Å². The van der Waals surface area contributed by atoms with Crippen LogP contribution in [0.3, 0.4) is 0 Å². The number of carbonyl (C=O) groups excluding carboxylic acids is 2. The smallest absolute Gasteiger partial charge is 0.201 e. The first-order chi connectivity index (χ1) is 5.72. The Hall–Kier alpha value is -0.650. The molecule has 12 heavy (non-hydrogen) atoms. The maximum absolute atomic E-state index is 11.3. The average molecular weight is 199 g/mol. The zero-order chi connectivity index (χ0) is 8.72. The number of thiophene rings is 1. The van der Waals surface area contributed by atoms with Crippen LogP contribution in [0, 0.1) is 0 Å². The van der Waals surface area contributed by atoms with E-state index < -0.39 is 5.37 Å². The average Bonchev–Trinajstić information content (AvgIpc) is 2.55. The summed E-state index contributed by atoms with van der Waals surface area (Å²) in [6, 6.07) is 1.71. The quantitative estimate of drug-likeness (QED) is 0.689. The van der Waals surface area contributed by atoms with Crippen LogP contribution in [0.25, 0.3) is 0 Å². The molecule has 62 valence electrons.